The molecular weight excluding hydrogens is 304 g/mol. The van der Waals surface area contributed by atoms with Crippen LogP contribution in [0.4, 0.5) is 5.69 Å². The number of hydrogen-bond acceptors (Lipinski definition) is 4. The number of carbonyl (C=O) groups is 1. The molecular formula is C15H20N2O4S. The molecule has 6 nitrogen and oxygen atoms in total. The first-order valence-corrected chi connectivity index (χ1v) is 9.08. The summed E-state index contributed by atoms with van der Waals surface area (Å²) < 4.78 is 31.5. The van der Waals surface area contributed by atoms with Gasteiger partial charge in [0.15, 0.2) is 0 Å². The second kappa shape index (κ2) is 5.55. The normalized spacial score (nSPS) is 26.9. The first-order valence-electron chi connectivity index (χ1n) is 7.42. The van der Waals surface area contributed by atoms with E-state index in [0.717, 1.165) is 12.1 Å². The second-order valence-corrected chi connectivity index (χ2v) is 7.97. The second-order valence-electron chi connectivity index (χ2n) is 6.12. The molecule has 0 aromatic heterocycles. The van der Waals surface area contributed by atoms with Gasteiger partial charge in [-0.05, 0) is 31.9 Å². The van der Waals surface area contributed by atoms with Crippen LogP contribution in [0, 0.1) is 0 Å². The van der Waals surface area contributed by atoms with E-state index in [-0.39, 0.29) is 18.1 Å². The molecule has 0 radical (unpaired) electrons. The molecule has 0 saturated carbocycles. The number of para-hydroxylation sites is 2. The molecule has 0 bridgehead atoms. The molecule has 1 N–H and O–H groups in total. The highest BCUT2D eigenvalue weighted by molar-refractivity contribution is 7.89. The van der Waals surface area contributed by atoms with Gasteiger partial charge in [0.1, 0.15) is 5.75 Å². The third-order valence-corrected chi connectivity index (χ3v) is 5.65. The number of carbonyl (C=O) groups excluding carboxylic acids is 1. The van der Waals surface area contributed by atoms with E-state index in [4.69, 9.17) is 4.74 Å². The Morgan fingerprint density at radius 2 is 2.18 bits per heavy atom. The lowest BCUT2D eigenvalue weighted by atomic mass is 9.95. The highest BCUT2D eigenvalue weighted by Crippen LogP contribution is 2.32. The van der Waals surface area contributed by atoms with Gasteiger partial charge < -0.3 is 9.64 Å². The molecule has 1 saturated heterocycles. The first-order chi connectivity index (χ1) is 10.4. The minimum Gasteiger partial charge on any atom is -0.491 e. The lowest BCUT2D eigenvalue weighted by Gasteiger charge is -2.27. The molecule has 1 aromatic carbocycles. The van der Waals surface area contributed by atoms with Crippen LogP contribution in [0.3, 0.4) is 0 Å². The molecule has 0 spiro atoms. The minimum absolute atomic E-state index is 0.0787. The predicted molar refractivity (Wildman–Crippen MR) is 83.5 cm³/mol. The quantitative estimate of drug-likeness (QED) is 0.889. The Kier molecular flexibility index (Phi) is 3.86. The van der Waals surface area contributed by atoms with Gasteiger partial charge >= 0.3 is 0 Å². The largest absolute Gasteiger partial charge is 0.491 e. The van der Waals surface area contributed by atoms with Crippen molar-refractivity contribution in [1.29, 1.82) is 0 Å². The van der Waals surface area contributed by atoms with Crippen LogP contribution < -0.4 is 14.4 Å². The Labute approximate surface area is 130 Å². The molecule has 1 amide bonds. The van der Waals surface area contributed by atoms with Crippen molar-refractivity contribution >= 4 is 21.6 Å². The fraction of sp³-hybridized carbons (Fsp3) is 0.533. The molecule has 1 atom stereocenters. The van der Waals surface area contributed by atoms with Crippen LogP contribution in [0.1, 0.15) is 26.2 Å². The monoisotopic (exact) mass is 324 g/mol. The third-order valence-electron chi connectivity index (χ3n) is 4.11. The summed E-state index contributed by atoms with van der Waals surface area (Å²) in [6.45, 7) is 2.94. The number of nitrogens with one attached hydrogen (secondary N) is 1. The third kappa shape index (κ3) is 3.10. The summed E-state index contributed by atoms with van der Waals surface area (Å²) in [7, 11) is -3.24. The summed E-state index contributed by atoms with van der Waals surface area (Å²) in [5, 5.41) is 0. The smallest absolute Gasteiger partial charge is 0.228 e. The lowest BCUT2D eigenvalue weighted by Crippen LogP contribution is -2.44. The van der Waals surface area contributed by atoms with Gasteiger partial charge in [-0.3, -0.25) is 4.79 Å². The van der Waals surface area contributed by atoms with Gasteiger partial charge in [0.05, 0.1) is 18.0 Å². The Balaban J connectivity index is 1.81. The minimum atomic E-state index is -3.24. The Hall–Kier alpha value is -1.60. The molecule has 3 rings (SSSR count). The maximum atomic E-state index is 12.7. The van der Waals surface area contributed by atoms with Crippen molar-refractivity contribution in [2.45, 2.75) is 31.7 Å². The number of benzene rings is 1. The van der Waals surface area contributed by atoms with Crippen LogP contribution in [-0.4, -0.2) is 38.8 Å². The maximum absolute atomic E-state index is 12.7. The fourth-order valence-corrected chi connectivity index (χ4v) is 4.72. The summed E-state index contributed by atoms with van der Waals surface area (Å²) in [5.41, 5.74) is 0.0623. The molecule has 2 aliphatic rings. The van der Waals surface area contributed by atoms with Crippen molar-refractivity contribution in [2.75, 3.05) is 23.8 Å². The molecule has 0 aliphatic carbocycles. The summed E-state index contributed by atoms with van der Waals surface area (Å²) in [6, 6.07) is 7.45. The summed E-state index contributed by atoms with van der Waals surface area (Å²) >= 11 is 0. The van der Waals surface area contributed by atoms with Crippen molar-refractivity contribution < 1.29 is 17.9 Å². The van der Waals surface area contributed by atoms with Crippen LogP contribution in [0.2, 0.25) is 0 Å². The van der Waals surface area contributed by atoms with E-state index in [2.05, 4.69) is 4.72 Å². The van der Waals surface area contributed by atoms with Crippen LogP contribution in [0.5, 0.6) is 5.75 Å². The fourth-order valence-electron chi connectivity index (χ4n) is 2.98. The summed E-state index contributed by atoms with van der Waals surface area (Å²) in [4.78, 5) is 14.4. The first kappa shape index (κ1) is 15.3. The van der Waals surface area contributed by atoms with Gasteiger partial charge in [-0.2, -0.15) is 0 Å². The van der Waals surface area contributed by atoms with Crippen LogP contribution in [0.15, 0.2) is 24.3 Å². The molecule has 2 heterocycles. The number of nitrogens with zero attached hydrogens (tertiary/aromatic N) is 1. The zero-order valence-corrected chi connectivity index (χ0v) is 13.4. The number of ether oxygens (including phenoxy) is 1. The molecule has 2 aliphatic heterocycles. The van der Waals surface area contributed by atoms with Gasteiger partial charge in [-0.1, -0.05) is 12.1 Å². The van der Waals surface area contributed by atoms with Gasteiger partial charge in [0, 0.05) is 18.5 Å². The number of sulfonamides is 1. The molecule has 120 valence electrons. The van der Waals surface area contributed by atoms with E-state index in [1.54, 1.807) is 11.8 Å². The number of anilines is 1. The summed E-state index contributed by atoms with van der Waals surface area (Å²) in [6.07, 6.45) is 1.36. The van der Waals surface area contributed by atoms with Crippen molar-refractivity contribution in [3.63, 3.8) is 0 Å². The molecule has 1 fully saturated rings. The van der Waals surface area contributed by atoms with Gasteiger partial charge in [-0.25, -0.2) is 13.1 Å². The number of hydrogen-bond donors (Lipinski definition) is 1. The maximum Gasteiger partial charge on any atom is 0.228 e. The molecule has 22 heavy (non-hydrogen) atoms. The highest BCUT2D eigenvalue weighted by Gasteiger charge is 2.40. The number of amides is 1. The van der Waals surface area contributed by atoms with Crippen LogP contribution >= 0.6 is 0 Å². The van der Waals surface area contributed by atoms with Gasteiger partial charge in [0.25, 0.3) is 0 Å². The standard InChI is InChI=1S/C15H20N2O4S/c1-15(7-10-22(19,20)16-15)11-14(18)17-8-4-9-21-13-6-3-2-5-12(13)17/h2-3,5-6,16H,4,7-11H2,1H3. The van der Waals surface area contributed by atoms with E-state index in [0.29, 0.717) is 25.3 Å². The zero-order valence-electron chi connectivity index (χ0n) is 12.5. The Bertz CT molecular complexity index is 689. The average molecular weight is 324 g/mol. The van der Waals surface area contributed by atoms with Crippen LogP contribution in [-0.2, 0) is 14.8 Å². The van der Waals surface area contributed by atoms with Crippen molar-refractivity contribution in [2.24, 2.45) is 0 Å². The SMILES string of the molecule is CC1(CC(=O)N2CCCOc3ccccc32)CCS(=O)(=O)N1. The summed E-state index contributed by atoms with van der Waals surface area (Å²) in [5.74, 6) is 0.701. The number of fused-ring (bicyclic) bond motifs is 1. The van der Waals surface area contributed by atoms with E-state index in [1.165, 1.54) is 0 Å². The van der Waals surface area contributed by atoms with E-state index >= 15 is 0 Å². The zero-order chi connectivity index (χ0) is 15.8. The van der Waals surface area contributed by atoms with E-state index in [9.17, 15) is 13.2 Å². The van der Waals surface area contributed by atoms with Crippen LogP contribution in [0.25, 0.3) is 0 Å². The lowest BCUT2D eigenvalue weighted by molar-refractivity contribution is -0.119. The van der Waals surface area contributed by atoms with E-state index in [1.807, 2.05) is 24.3 Å². The van der Waals surface area contributed by atoms with E-state index < -0.39 is 15.6 Å². The predicted octanol–water partition coefficient (Wildman–Crippen LogP) is 1.27. The van der Waals surface area contributed by atoms with Gasteiger partial charge in [0.2, 0.25) is 15.9 Å². The highest BCUT2D eigenvalue weighted by atomic mass is 32.2. The Morgan fingerprint density at radius 1 is 1.41 bits per heavy atom. The number of rotatable bonds is 2. The average Bonchev–Trinajstić information content (AvgIpc) is 2.64. The molecule has 1 aromatic rings. The Morgan fingerprint density at radius 3 is 2.91 bits per heavy atom. The topological polar surface area (TPSA) is 75.7 Å². The molecule has 1 unspecified atom stereocenters. The molecule has 7 heteroatoms. The van der Waals surface area contributed by atoms with Gasteiger partial charge in [-0.15, -0.1) is 0 Å². The van der Waals surface area contributed by atoms with Crippen molar-refractivity contribution in [3.05, 3.63) is 24.3 Å². The van der Waals surface area contributed by atoms with Crippen molar-refractivity contribution in [1.82, 2.24) is 4.72 Å². The van der Waals surface area contributed by atoms with Crippen molar-refractivity contribution in [3.8, 4) is 5.75 Å².